The van der Waals surface area contributed by atoms with E-state index in [1.807, 2.05) is 0 Å². The number of aliphatic hydroxyl groups is 1. The van der Waals surface area contributed by atoms with Crippen molar-refractivity contribution in [2.75, 3.05) is 13.2 Å². The number of carbonyl (C=O) groups is 1. The molecular weight excluding hydrogens is 192 g/mol. The Balaban J connectivity index is 2.22. The average Bonchev–Trinajstić information content (AvgIpc) is 2.30. The van der Waals surface area contributed by atoms with Crippen LogP contribution in [0.25, 0.3) is 0 Å². The highest BCUT2D eigenvalue weighted by molar-refractivity contribution is 5.74. The third-order valence-corrected chi connectivity index (χ3v) is 2.09. The monoisotopic (exact) mass is 208 g/mol. The van der Waals surface area contributed by atoms with E-state index in [0.717, 1.165) is 31.3 Å². The lowest BCUT2D eigenvalue weighted by Crippen LogP contribution is -1.97. The van der Waals surface area contributed by atoms with E-state index in [1.165, 1.54) is 0 Å². The second-order valence-electron chi connectivity index (χ2n) is 3.32. The van der Waals surface area contributed by atoms with Gasteiger partial charge in [-0.15, -0.1) is 0 Å². The van der Waals surface area contributed by atoms with E-state index in [2.05, 4.69) is 0 Å². The van der Waals surface area contributed by atoms with Crippen LogP contribution in [0.5, 0.6) is 5.75 Å². The van der Waals surface area contributed by atoms with Gasteiger partial charge in [0, 0.05) is 12.2 Å². The van der Waals surface area contributed by atoms with Crippen molar-refractivity contribution < 1.29 is 14.6 Å². The second kappa shape index (κ2) is 7.01. The molecule has 0 aliphatic heterocycles. The van der Waals surface area contributed by atoms with Gasteiger partial charge in [0.1, 0.15) is 12.0 Å². The largest absolute Gasteiger partial charge is 0.494 e. The topological polar surface area (TPSA) is 46.5 Å². The predicted octanol–water partition coefficient (Wildman–Crippen LogP) is 2.04. The summed E-state index contributed by atoms with van der Waals surface area (Å²) in [6.07, 6.45) is 3.55. The maximum absolute atomic E-state index is 10.4. The van der Waals surface area contributed by atoms with Crippen LogP contribution in [0.4, 0.5) is 0 Å². The van der Waals surface area contributed by atoms with Crippen LogP contribution >= 0.6 is 0 Å². The van der Waals surface area contributed by atoms with Crippen molar-refractivity contribution in [3.05, 3.63) is 29.8 Å². The molecule has 0 heterocycles. The molecule has 0 saturated carbocycles. The van der Waals surface area contributed by atoms with Crippen LogP contribution in [0.2, 0.25) is 0 Å². The highest BCUT2D eigenvalue weighted by Gasteiger charge is 1.94. The van der Waals surface area contributed by atoms with Crippen molar-refractivity contribution in [3.8, 4) is 5.75 Å². The van der Waals surface area contributed by atoms with Gasteiger partial charge in [0.25, 0.3) is 0 Å². The number of aliphatic hydroxyl groups excluding tert-OH is 1. The molecule has 0 aromatic heterocycles. The molecule has 3 heteroatoms. The normalized spacial score (nSPS) is 9.93. The highest BCUT2D eigenvalue weighted by Crippen LogP contribution is 2.11. The Hall–Kier alpha value is -1.35. The number of hydrogen-bond acceptors (Lipinski definition) is 3. The zero-order chi connectivity index (χ0) is 10.9. The van der Waals surface area contributed by atoms with Gasteiger partial charge in [-0.05, 0) is 43.5 Å². The molecule has 0 saturated heterocycles. The number of aldehydes is 1. The number of rotatable bonds is 7. The summed E-state index contributed by atoms with van der Waals surface area (Å²) in [5, 5.41) is 8.57. The molecular formula is C12H16O3. The summed E-state index contributed by atoms with van der Waals surface area (Å²) in [4.78, 5) is 10.4. The number of ether oxygens (including phenoxy) is 1. The van der Waals surface area contributed by atoms with Gasteiger partial charge in [-0.25, -0.2) is 0 Å². The molecule has 0 bridgehead atoms. The summed E-state index contributed by atoms with van der Waals surface area (Å²) >= 11 is 0. The van der Waals surface area contributed by atoms with E-state index < -0.39 is 0 Å². The van der Waals surface area contributed by atoms with Crippen molar-refractivity contribution in [1.82, 2.24) is 0 Å². The van der Waals surface area contributed by atoms with Crippen LogP contribution in [0, 0.1) is 0 Å². The van der Waals surface area contributed by atoms with Crippen LogP contribution < -0.4 is 4.74 Å². The Morgan fingerprint density at radius 3 is 2.47 bits per heavy atom. The smallest absolute Gasteiger partial charge is 0.150 e. The van der Waals surface area contributed by atoms with Crippen LogP contribution in [-0.2, 0) is 0 Å². The highest BCUT2D eigenvalue weighted by atomic mass is 16.5. The quantitative estimate of drug-likeness (QED) is 0.551. The lowest BCUT2D eigenvalue weighted by molar-refractivity contribution is 0.112. The first-order chi connectivity index (χ1) is 7.36. The molecule has 1 aromatic carbocycles. The van der Waals surface area contributed by atoms with Crippen LogP contribution in [0.15, 0.2) is 24.3 Å². The SMILES string of the molecule is O=Cc1ccc(OCCCCCO)cc1. The van der Waals surface area contributed by atoms with Crippen molar-refractivity contribution in [2.45, 2.75) is 19.3 Å². The predicted molar refractivity (Wildman–Crippen MR) is 58.3 cm³/mol. The Kier molecular flexibility index (Phi) is 5.48. The molecule has 0 atom stereocenters. The lowest BCUT2D eigenvalue weighted by Gasteiger charge is -2.05. The minimum Gasteiger partial charge on any atom is -0.494 e. The Morgan fingerprint density at radius 2 is 1.87 bits per heavy atom. The molecule has 1 aromatic rings. The molecule has 0 radical (unpaired) electrons. The Bertz CT molecular complexity index is 279. The second-order valence-corrected chi connectivity index (χ2v) is 3.32. The summed E-state index contributed by atoms with van der Waals surface area (Å²) in [6, 6.07) is 7.04. The van der Waals surface area contributed by atoms with E-state index in [9.17, 15) is 4.79 Å². The van der Waals surface area contributed by atoms with E-state index in [-0.39, 0.29) is 6.61 Å². The fourth-order valence-corrected chi connectivity index (χ4v) is 1.22. The van der Waals surface area contributed by atoms with E-state index in [4.69, 9.17) is 9.84 Å². The zero-order valence-corrected chi connectivity index (χ0v) is 8.69. The molecule has 82 valence electrons. The fourth-order valence-electron chi connectivity index (χ4n) is 1.22. The van der Waals surface area contributed by atoms with E-state index >= 15 is 0 Å². The number of benzene rings is 1. The lowest BCUT2D eigenvalue weighted by atomic mass is 10.2. The van der Waals surface area contributed by atoms with E-state index in [0.29, 0.717) is 12.2 Å². The first-order valence-corrected chi connectivity index (χ1v) is 5.15. The fraction of sp³-hybridized carbons (Fsp3) is 0.417. The van der Waals surface area contributed by atoms with Crippen molar-refractivity contribution >= 4 is 6.29 Å². The van der Waals surface area contributed by atoms with Gasteiger partial charge in [0.05, 0.1) is 6.61 Å². The molecule has 0 unspecified atom stereocenters. The zero-order valence-electron chi connectivity index (χ0n) is 8.69. The Labute approximate surface area is 89.7 Å². The van der Waals surface area contributed by atoms with Crippen LogP contribution in [0.3, 0.4) is 0 Å². The summed E-state index contributed by atoms with van der Waals surface area (Å²) in [5.41, 5.74) is 0.655. The van der Waals surface area contributed by atoms with Gasteiger partial charge >= 0.3 is 0 Å². The first kappa shape index (κ1) is 11.7. The molecule has 15 heavy (non-hydrogen) atoms. The molecule has 3 nitrogen and oxygen atoms in total. The summed E-state index contributed by atoms with van der Waals surface area (Å²) in [7, 11) is 0. The van der Waals surface area contributed by atoms with Crippen molar-refractivity contribution in [3.63, 3.8) is 0 Å². The molecule has 1 N–H and O–H groups in total. The molecule has 0 fully saturated rings. The standard InChI is InChI=1S/C12H16O3/c13-8-2-1-3-9-15-12-6-4-11(10-14)5-7-12/h4-7,10,13H,1-3,8-9H2. The molecule has 0 amide bonds. The molecule has 0 spiro atoms. The summed E-state index contributed by atoms with van der Waals surface area (Å²) in [6.45, 7) is 0.897. The Morgan fingerprint density at radius 1 is 1.13 bits per heavy atom. The third kappa shape index (κ3) is 4.61. The van der Waals surface area contributed by atoms with Crippen LogP contribution in [0.1, 0.15) is 29.6 Å². The van der Waals surface area contributed by atoms with Gasteiger partial charge in [-0.3, -0.25) is 4.79 Å². The van der Waals surface area contributed by atoms with Gasteiger partial charge in [-0.1, -0.05) is 0 Å². The minimum atomic E-state index is 0.244. The van der Waals surface area contributed by atoms with Crippen LogP contribution in [-0.4, -0.2) is 24.6 Å². The van der Waals surface area contributed by atoms with Gasteiger partial charge in [-0.2, -0.15) is 0 Å². The van der Waals surface area contributed by atoms with Crippen molar-refractivity contribution in [1.29, 1.82) is 0 Å². The van der Waals surface area contributed by atoms with Crippen molar-refractivity contribution in [2.24, 2.45) is 0 Å². The maximum Gasteiger partial charge on any atom is 0.150 e. The molecule has 1 rings (SSSR count). The summed E-state index contributed by atoms with van der Waals surface area (Å²) in [5.74, 6) is 0.782. The first-order valence-electron chi connectivity index (χ1n) is 5.15. The van der Waals surface area contributed by atoms with Gasteiger partial charge < -0.3 is 9.84 Å². The van der Waals surface area contributed by atoms with Gasteiger partial charge in [0.15, 0.2) is 0 Å². The maximum atomic E-state index is 10.4. The minimum absolute atomic E-state index is 0.244. The average molecular weight is 208 g/mol. The van der Waals surface area contributed by atoms with Gasteiger partial charge in [0.2, 0.25) is 0 Å². The third-order valence-electron chi connectivity index (χ3n) is 2.09. The summed E-state index contributed by atoms with van der Waals surface area (Å²) < 4.78 is 5.45. The number of hydrogen-bond donors (Lipinski definition) is 1. The number of unbranched alkanes of at least 4 members (excludes halogenated alkanes) is 2. The molecule has 0 aliphatic carbocycles. The number of carbonyl (C=O) groups excluding carboxylic acids is 1. The molecule has 0 aliphatic rings. The van der Waals surface area contributed by atoms with E-state index in [1.54, 1.807) is 24.3 Å².